The van der Waals surface area contributed by atoms with Gasteiger partial charge in [-0.15, -0.1) is 0 Å². The SMILES string of the molecule is CC[C@@H](CO)NS(=O)(=O)c1c(N)cccc1Cl. The predicted molar refractivity (Wildman–Crippen MR) is 67.4 cm³/mol. The van der Waals surface area contributed by atoms with E-state index in [2.05, 4.69) is 4.72 Å². The second-order valence-electron chi connectivity index (χ2n) is 3.57. The van der Waals surface area contributed by atoms with E-state index < -0.39 is 16.1 Å². The Bertz CT molecular complexity index is 466. The first-order valence-electron chi connectivity index (χ1n) is 5.09. The maximum Gasteiger partial charge on any atom is 0.244 e. The van der Waals surface area contributed by atoms with Gasteiger partial charge in [0.1, 0.15) is 4.90 Å². The Hall–Kier alpha value is -0.820. The molecule has 0 aliphatic heterocycles. The summed E-state index contributed by atoms with van der Waals surface area (Å²) in [5.41, 5.74) is 5.68. The highest BCUT2D eigenvalue weighted by Crippen LogP contribution is 2.27. The number of aliphatic hydroxyl groups is 1. The summed E-state index contributed by atoms with van der Waals surface area (Å²) in [7, 11) is -3.81. The van der Waals surface area contributed by atoms with Gasteiger partial charge < -0.3 is 10.8 Å². The normalized spacial score (nSPS) is 13.6. The lowest BCUT2D eigenvalue weighted by molar-refractivity contribution is 0.254. The van der Waals surface area contributed by atoms with Crippen LogP contribution < -0.4 is 10.5 Å². The molecule has 0 unspecified atom stereocenters. The number of nitrogen functional groups attached to an aromatic ring is 1. The second-order valence-corrected chi connectivity index (χ2v) is 5.63. The number of aliphatic hydroxyl groups excluding tert-OH is 1. The number of nitrogens with one attached hydrogen (secondary N) is 1. The highest BCUT2D eigenvalue weighted by atomic mass is 35.5. The van der Waals surface area contributed by atoms with E-state index in [0.29, 0.717) is 6.42 Å². The van der Waals surface area contributed by atoms with E-state index >= 15 is 0 Å². The zero-order chi connectivity index (χ0) is 13.1. The minimum atomic E-state index is -3.81. The third-order valence-electron chi connectivity index (χ3n) is 2.30. The van der Waals surface area contributed by atoms with Crippen molar-refractivity contribution in [1.29, 1.82) is 0 Å². The summed E-state index contributed by atoms with van der Waals surface area (Å²) < 4.78 is 26.4. The maximum absolute atomic E-state index is 12.0. The number of sulfonamides is 1. The molecule has 0 heterocycles. The Kier molecular flexibility index (Phi) is 4.76. The van der Waals surface area contributed by atoms with Gasteiger partial charge in [-0.1, -0.05) is 24.6 Å². The van der Waals surface area contributed by atoms with Gasteiger partial charge in [0.25, 0.3) is 0 Å². The molecular formula is C10H15ClN2O3S. The summed E-state index contributed by atoms with van der Waals surface area (Å²) in [6.45, 7) is 1.49. The van der Waals surface area contributed by atoms with Crippen LogP contribution in [0.5, 0.6) is 0 Å². The molecule has 0 fully saturated rings. The van der Waals surface area contributed by atoms with Gasteiger partial charge in [-0.3, -0.25) is 0 Å². The van der Waals surface area contributed by atoms with Crippen molar-refractivity contribution in [3.8, 4) is 0 Å². The molecule has 1 atom stereocenters. The van der Waals surface area contributed by atoms with Gasteiger partial charge in [0.15, 0.2) is 0 Å². The van der Waals surface area contributed by atoms with Crippen molar-refractivity contribution in [2.45, 2.75) is 24.3 Å². The van der Waals surface area contributed by atoms with Crippen molar-refractivity contribution in [3.63, 3.8) is 0 Å². The minimum absolute atomic E-state index is 0.0605. The van der Waals surface area contributed by atoms with E-state index in [1.54, 1.807) is 13.0 Å². The van der Waals surface area contributed by atoms with Gasteiger partial charge in [0.2, 0.25) is 10.0 Å². The second kappa shape index (κ2) is 5.68. The highest BCUT2D eigenvalue weighted by Gasteiger charge is 2.23. The van der Waals surface area contributed by atoms with Gasteiger partial charge in [-0.2, -0.15) is 0 Å². The van der Waals surface area contributed by atoms with Crippen molar-refractivity contribution in [2.24, 2.45) is 0 Å². The van der Waals surface area contributed by atoms with Crippen LogP contribution in [0.1, 0.15) is 13.3 Å². The lowest BCUT2D eigenvalue weighted by atomic mass is 10.3. The molecule has 0 aliphatic rings. The molecule has 1 rings (SSSR count). The molecule has 17 heavy (non-hydrogen) atoms. The van der Waals surface area contributed by atoms with Crippen LogP contribution in [0.3, 0.4) is 0 Å². The smallest absolute Gasteiger partial charge is 0.244 e. The van der Waals surface area contributed by atoms with Crippen molar-refractivity contribution in [3.05, 3.63) is 23.2 Å². The average molecular weight is 279 g/mol. The Morgan fingerprint density at radius 2 is 2.18 bits per heavy atom. The number of nitrogens with two attached hydrogens (primary N) is 1. The Morgan fingerprint density at radius 1 is 1.53 bits per heavy atom. The molecular weight excluding hydrogens is 264 g/mol. The van der Waals surface area contributed by atoms with Gasteiger partial charge in [0, 0.05) is 6.04 Å². The van der Waals surface area contributed by atoms with Crippen LogP contribution in [0, 0.1) is 0 Å². The fourth-order valence-electron chi connectivity index (χ4n) is 1.34. The Morgan fingerprint density at radius 3 is 2.65 bits per heavy atom. The van der Waals surface area contributed by atoms with Crippen molar-refractivity contribution < 1.29 is 13.5 Å². The van der Waals surface area contributed by atoms with E-state index in [-0.39, 0.29) is 22.2 Å². The molecule has 0 saturated heterocycles. The van der Waals surface area contributed by atoms with Gasteiger partial charge in [0.05, 0.1) is 17.3 Å². The summed E-state index contributed by atoms with van der Waals surface area (Å²) in [6, 6.07) is 3.93. The molecule has 0 saturated carbocycles. The van der Waals surface area contributed by atoms with E-state index in [4.69, 9.17) is 22.4 Å². The molecule has 0 amide bonds. The van der Waals surface area contributed by atoms with Crippen LogP contribution in [0.2, 0.25) is 5.02 Å². The van der Waals surface area contributed by atoms with Crippen molar-refractivity contribution in [1.82, 2.24) is 4.72 Å². The summed E-state index contributed by atoms with van der Waals surface area (Å²) in [5, 5.41) is 9.04. The summed E-state index contributed by atoms with van der Waals surface area (Å²) >= 11 is 5.82. The summed E-state index contributed by atoms with van der Waals surface area (Å²) in [4.78, 5) is -0.145. The molecule has 96 valence electrons. The number of halogens is 1. The number of hydrogen-bond acceptors (Lipinski definition) is 4. The quantitative estimate of drug-likeness (QED) is 0.700. The molecule has 5 nitrogen and oxygen atoms in total. The third kappa shape index (κ3) is 3.32. The summed E-state index contributed by atoms with van der Waals surface area (Å²) in [6.07, 6.45) is 0.472. The zero-order valence-electron chi connectivity index (χ0n) is 9.35. The molecule has 4 N–H and O–H groups in total. The van der Waals surface area contributed by atoms with Crippen LogP contribution in [0.15, 0.2) is 23.1 Å². The van der Waals surface area contributed by atoms with E-state index in [9.17, 15) is 8.42 Å². The van der Waals surface area contributed by atoms with E-state index in [1.807, 2.05) is 0 Å². The average Bonchev–Trinajstić information content (AvgIpc) is 2.25. The lowest BCUT2D eigenvalue weighted by Gasteiger charge is -2.16. The largest absolute Gasteiger partial charge is 0.398 e. The molecule has 1 aromatic carbocycles. The molecule has 0 aliphatic carbocycles. The van der Waals surface area contributed by atoms with Crippen LogP contribution >= 0.6 is 11.6 Å². The van der Waals surface area contributed by atoms with Gasteiger partial charge >= 0.3 is 0 Å². The van der Waals surface area contributed by atoms with Crippen molar-refractivity contribution >= 4 is 27.3 Å². The first-order chi connectivity index (χ1) is 7.92. The van der Waals surface area contributed by atoms with Gasteiger partial charge in [-0.25, -0.2) is 13.1 Å². The fraction of sp³-hybridized carbons (Fsp3) is 0.400. The topological polar surface area (TPSA) is 92.4 Å². The molecule has 1 aromatic rings. The van der Waals surface area contributed by atoms with Crippen LogP contribution in [0.25, 0.3) is 0 Å². The lowest BCUT2D eigenvalue weighted by Crippen LogP contribution is -2.37. The standard InChI is InChI=1S/C10H15ClN2O3S/c1-2-7(6-14)13-17(15,16)10-8(11)4-3-5-9(10)12/h3-5,7,13-14H,2,6,12H2,1H3/t7-/m0/s1. The van der Waals surface area contributed by atoms with E-state index in [0.717, 1.165) is 0 Å². The monoisotopic (exact) mass is 278 g/mol. The third-order valence-corrected chi connectivity index (χ3v) is 4.36. The predicted octanol–water partition coefficient (Wildman–Crippen LogP) is 0.971. The highest BCUT2D eigenvalue weighted by molar-refractivity contribution is 7.89. The molecule has 0 spiro atoms. The Labute approximate surface area is 106 Å². The van der Waals surface area contributed by atoms with Crippen LogP contribution in [-0.2, 0) is 10.0 Å². The van der Waals surface area contributed by atoms with E-state index in [1.165, 1.54) is 12.1 Å². The number of rotatable bonds is 5. The molecule has 0 aromatic heterocycles. The van der Waals surface area contributed by atoms with Gasteiger partial charge in [-0.05, 0) is 18.6 Å². The number of benzene rings is 1. The first-order valence-corrected chi connectivity index (χ1v) is 6.95. The summed E-state index contributed by atoms with van der Waals surface area (Å²) in [5.74, 6) is 0. The van der Waals surface area contributed by atoms with Crippen LogP contribution in [0.4, 0.5) is 5.69 Å². The molecule has 0 radical (unpaired) electrons. The first kappa shape index (κ1) is 14.2. The van der Waals surface area contributed by atoms with Crippen LogP contribution in [-0.4, -0.2) is 26.2 Å². The number of hydrogen-bond donors (Lipinski definition) is 3. The minimum Gasteiger partial charge on any atom is -0.398 e. The molecule has 0 bridgehead atoms. The zero-order valence-corrected chi connectivity index (χ0v) is 10.9. The fourth-order valence-corrected chi connectivity index (χ4v) is 3.32. The maximum atomic E-state index is 12.0. The van der Waals surface area contributed by atoms with Crippen molar-refractivity contribution in [2.75, 3.05) is 12.3 Å². The molecule has 7 heteroatoms. The Balaban J connectivity index is 3.14. The number of anilines is 1.